The Kier molecular flexibility index (Phi) is 3.66. The highest BCUT2D eigenvalue weighted by Gasteiger charge is 2.45. The third-order valence-electron chi connectivity index (χ3n) is 2.28. The topological polar surface area (TPSA) is 66.8 Å². The summed E-state index contributed by atoms with van der Waals surface area (Å²) >= 11 is 0. The normalized spacial score (nSPS) is 23.9. The maximum atomic E-state index is 13.2. The van der Waals surface area contributed by atoms with Gasteiger partial charge in [-0.25, -0.2) is 13.6 Å². The number of hydrogen-bond donors (Lipinski definition) is 1. The fourth-order valence-corrected chi connectivity index (χ4v) is 1.62. The minimum absolute atomic E-state index is 0.0681. The Labute approximate surface area is 91.0 Å². The van der Waals surface area contributed by atoms with E-state index in [0.717, 1.165) is 4.90 Å². The van der Waals surface area contributed by atoms with Crippen molar-refractivity contribution < 1.29 is 28.2 Å². The molecular formula is C9H13F2NO4. The van der Waals surface area contributed by atoms with Gasteiger partial charge in [-0.3, -0.25) is 4.79 Å². The van der Waals surface area contributed by atoms with E-state index in [1.165, 1.54) is 0 Å². The van der Waals surface area contributed by atoms with Gasteiger partial charge in [0, 0.05) is 13.0 Å². The molecule has 1 N–H and O–H groups in total. The summed E-state index contributed by atoms with van der Waals surface area (Å²) in [5, 5.41) is 8.69. The van der Waals surface area contributed by atoms with Gasteiger partial charge in [-0.2, -0.15) is 0 Å². The summed E-state index contributed by atoms with van der Waals surface area (Å²) < 4.78 is 30.9. The standard InChI is InChI=1S/C9H13F2NO4/c1-2-16-8(15)12-4-6(7(13)14)3-9(10,11)5-12/h6H,2-5H2,1H3,(H,13,14). The number of ether oxygens (including phenoxy) is 1. The average Bonchev–Trinajstić information content (AvgIpc) is 2.15. The lowest BCUT2D eigenvalue weighted by atomic mass is 9.96. The summed E-state index contributed by atoms with van der Waals surface area (Å²) in [5.41, 5.74) is 0. The number of amides is 1. The van der Waals surface area contributed by atoms with Crippen molar-refractivity contribution in [3.8, 4) is 0 Å². The fourth-order valence-electron chi connectivity index (χ4n) is 1.62. The zero-order chi connectivity index (χ0) is 12.3. The van der Waals surface area contributed by atoms with Gasteiger partial charge in [-0.15, -0.1) is 0 Å². The van der Waals surface area contributed by atoms with Gasteiger partial charge < -0.3 is 14.7 Å². The molecule has 0 spiro atoms. The summed E-state index contributed by atoms with van der Waals surface area (Å²) in [6.07, 6.45) is -1.63. The van der Waals surface area contributed by atoms with Gasteiger partial charge >= 0.3 is 12.1 Å². The Morgan fingerprint density at radius 3 is 2.69 bits per heavy atom. The van der Waals surface area contributed by atoms with Gasteiger partial charge in [0.2, 0.25) is 0 Å². The molecule has 7 heteroatoms. The van der Waals surface area contributed by atoms with Crippen molar-refractivity contribution in [2.24, 2.45) is 5.92 Å². The van der Waals surface area contributed by atoms with Crippen molar-refractivity contribution in [1.82, 2.24) is 4.90 Å². The number of aliphatic carboxylic acids is 1. The second-order valence-corrected chi connectivity index (χ2v) is 3.67. The molecule has 1 unspecified atom stereocenters. The number of rotatable bonds is 2. The maximum Gasteiger partial charge on any atom is 0.409 e. The van der Waals surface area contributed by atoms with E-state index < -0.39 is 36.9 Å². The Morgan fingerprint density at radius 2 is 2.19 bits per heavy atom. The Hall–Kier alpha value is -1.40. The van der Waals surface area contributed by atoms with Crippen molar-refractivity contribution in [2.75, 3.05) is 19.7 Å². The molecule has 0 aromatic carbocycles. The molecule has 1 rings (SSSR count). The number of hydrogen-bond acceptors (Lipinski definition) is 3. The number of halogens is 2. The third-order valence-corrected chi connectivity index (χ3v) is 2.28. The van der Waals surface area contributed by atoms with E-state index in [-0.39, 0.29) is 13.2 Å². The summed E-state index contributed by atoms with van der Waals surface area (Å²) in [4.78, 5) is 22.6. The van der Waals surface area contributed by atoms with Crippen molar-refractivity contribution in [2.45, 2.75) is 19.3 Å². The van der Waals surface area contributed by atoms with Gasteiger partial charge in [0.05, 0.1) is 19.1 Å². The smallest absolute Gasteiger partial charge is 0.409 e. The number of piperidine rings is 1. The number of alkyl halides is 2. The molecule has 92 valence electrons. The number of nitrogens with zero attached hydrogens (tertiary/aromatic N) is 1. The number of likely N-dealkylation sites (tertiary alicyclic amines) is 1. The first-order chi connectivity index (χ1) is 7.35. The Morgan fingerprint density at radius 1 is 1.56 bits per heavy atom. The SMILES string of the molecule is CCOC(=O)N1CC(C(=O)O)CC(F)(F)C1. The van der Waals surface area contributed by atoms with E-state index in [9.17, 15) is 18.4 Å². The molecule has 0 saturated carbocycles. The molecule has 1 fully saturated rings. The molecule has 0 aromatic rings. The van der Waals surface area contributed by atoms with E-state index >= 15 is 0 Å². The van der Waals surface area contributed by atoms with Crippen LogP contribution in [0, 0.1) is 5.92 Å². The molecule has 1 atom stereocenters. The van der Waals surface area contributed by atoms with E-state index in [4.69, 9.17) is 5.11 Å². The fraction of sp³-hybridized carbons (Fsp3) is 0.778. The molecular weight excluding hydrogens is 224 g/mol. The van der Waals surface area contributed by atoms with Crippen LogP contribution in [0.5, 0.6) is 0 Å². The molecule has 1 aliphatic heterocycles. The molecule has 5 nitrogen and oxygen atoms in total. The van der Waals surface area contributed by atoms with Crippen LogP contribution in [0.1, 0.15) is 13.3 Å². The molecule has 1 saturated heterocycles. The first-order valence-electron chi connectivity index (χ1n) is 4.88. The molecule has 0 bridgehead atoms. The van der Waals surface area contributed by atoms with Gasteiger partial charge in [0.15, 0.2) is 0 Å². The van der Waals surface area contributed by atoms with Crippen LogP contribution in [0.2, 0.25) is 0 Å². The lowest BCUT2D eigenvalue weighted by Crippen LogP contribution is -2.51. The van der Waals surface area contributed by atoms with Crippen LogP contribution in [0.15, 0.2) is 0 Å². The molecule has 0 aliphatic carbocycles. The number of carbonyl (C=O) groups is 2. The van der Waals surface area contributed by atoms with E-state index in [2.05, 4.69) is 4.74 Å². The highest BCUT2D eigenvalue weighted by Crippen LogP contribution is 2.30. The average molecular weight is 237 g/mol. The van der Waals surface area contributed by atoms with E-state index in [1.807, 2.05) is 0 Å². The first-order valence-corrected chi connectivity index (χ1v) is 4.88. The minimum atomic E-state index is -3.17. The van der Waals surface area contributed by atoms with Crippen LogP contribution in [-0.4, -0.2) is 47.7 Å². The van der Waals surface area contributed by atoms with Crippen LogP contribution in [0.25, 0.3) is 0 Å². The summed E-state index contributed by atoms with van der Waals surface area (Å²) in [5.74, 6) is -5.74. The number of carboxylic acid groups (broad SMARTS) is 1. The largest absolute Gasteiger partial charge is 0.481 e. The minimum Gasteiger partial charge on any atom is -0.481 e. The van der Waals surface area contributed by atoms with Gasteiger partial charge in [-0.1, -0.05) is 0 Å². The Bertz CT molecular complexity index is 295. The predicted octanol–water partition coefficient (Wildman–Crippen LogP) is 1.18. The monoisotopic (exact) mass is 237 g/mol. The van der Waals surface area contributed by atoms with Crippen LogP contribution in [0.4, 0.5) is 13.6 Å². The molecule has 1 aliphatic rings. The first kappa shape index (κ1) is 12.7. The molecule has 1 amide bonds. The zero-order valence-electron chi connectivity index (χ0n) is 8.78. The molecule has 0 radical (unpaired) electrons. The lowest BCUT2D eigenvalue weighted by Gasteiger charge is -2.34. The van der Waals surface area contributed by atoms with Gasteiger partial charge in [-0.05, 0) is 6.92 Å². The van der Waals surface area contributed by atoms with E-state index in [1.54, 1.807) is 6.92 Å². The molecule has 1 heterocycles. The van der Waals surface area contributed by atoms with Crippen molar-refractivity contribution >= 4 is 12.1 Å². The quantitative estimate of drug-likeness (QED) is 0.783. The number of carbonyl (C=O) groups excluding carboxylic acids is 1. The zero-order valence-corrected chi connectivity index (χ0v) is 8.78. The Balaban J connectivity index is 2.72. The summed E-state index contributed by atoms with van der Waals surface area (Å²) in [6, 6.07) is 0. The highest BCUT2D eigenvalue weighted by atomic mass is 19.3. The highest BCUT2D eigenvalue weighted by molar-refractivity contribution is 5.73. The van der Waals surface area contributed by atoms with Crippen LogP contribution < -0.4 is 0 Å². The van der Waals surface area contributed by atoms with Gasteiger partial charge in [0.25, 0.3) is 5.92 Å². The molecule has 0 aromatic heterocycles. The second-order valence-electron chi connectivity index (χ2n) is 3.67. The van der Waals surface area contributed by atoms with Crippen LogP contribution >= 0.6 is 0 Å². The van der Waals surface area contributed by atoms with Crippen molar-refractivity contribution in [3.05, 3.63) is 0 Å². The van der Waals surface area contributed by atoms with Crippen molar-refractivity contribution in [1.29, 1.82) is 0 Å². The second kappa shape index (κ2) is 4.63. The van der Waals surface area contributed by atoms with Crippen LogP contribution in [-0.2, 0) is 9.53 Å². The van der Waals surface area contributed by atoms with Crippen molar-refractivity contribution in [3.63, 3.8) is 0 Å². The maximum absolute atomic E-state index is 13.2. The summed E-state index contributed by atoms with van der Waals surface area (Å²) in [7, 11) is 0. The van der Waals surface area contributed by atoms with E-state index in [0.29, 0.717) is 0 Å². The molecule has 16 heavy (non-hydrogen) atoms. The third kappa shape index (κ3) is 3.04. The van der Waals surface area contributed by atoms with Gasteiger partial charge in [0.1, 0.15) is 0 Å². The van der Waals surface area contributed by atoms with Crippen LogP contribution in [0.3, 0.4) is 0 Å². The summed E-state index contributed by atoms with van der Waals surface area (Å²) in [6.45, 7) is 0.604. The number of carboxylic acids is 1. The lowest BCUT2D eigenvalue weighted by molar-refractivity contribution is -0.151. The predicted molar refractivity (Wildman–Crippen MR) is 49.3 cm³/mol.